The molecule has 3 rings (SSSR count). The smallest absolute Gasteiger partial charge is 0.309 e. The highest BCUT2D eigenvalue weighted by Gasteiger charge is 2.41. The first kappa shape index (κ1) is 18.9. The van der Waals surface area contributed by atoms with Crippen LogP contribution in [0.4, 0.5) is 15.6 Å². The second-order valence-corrected chi connectivity index (χ2v) is 7.54. The highest BCUT2D eigenvalue weighted by molar-refractivity contribution is 8.15. The summed E-state index contributed by atoms with van der Waals surface area (Å²) >= 11 is 1.81. The van der Waals surface area contributed by atoms with E-state index in [1.807, 2.05) is 0 Å². The minimum Gasteiger partial charge on any atom is -0.508 e. The van der Waals surface area contributed by atoms with Gasteiger partial charge in [0.15, 0.2) is 5.13 Å². The van der Waals surface area contributed by atoms with E-state index in [9.17, 15) is 24.3 Å². The third kappa shape index (κ3) is 4.44. The van der Waals surface area contributed by atoms with Gasteiger partial charge in [0.1, 0.15) is 11.0 Å². The van der Waals surface area contributed by atoms with Crippen LogP contribution in [0.3, 0.4) is 0 Å². The predicted octanol–water partition coefficient (Wildman–Crippen LogP) is 2.07. The lowest BCUT2D eigenvalue weighted by molar-refractivity contribution is -0.136. The zero-order valence-electron chi connectivity index (χ0n) is 13.6. The summed E-state index contributed by atoms with van der Waals surface area (Å²) in [5.74, 6) is -2.17. The van der Waals surface area contributed by atoms with Crippen LogP contribution in [0, 0.1) is 0 Å². The molecule has 1 aliphatic rings. The molecule has 27 heavy (non-hydrogen) atoms. The molecule has 2 aromatic rings. The van der Waals surface area contributed by atoms with E-state index < -0.39 is 28.3 Å². The maximum Gasteiger partial charge on any atom is 0.309 e. The highest BCUT2D eigenvalue weighted by Crippen LogP contribution is 2.34. The van der Waals surface area contributed by atoms with Gasteiger partial charge in [-0.3, -0.25) is 19.2 Å². The van der Waals surface area contributed by atoms with Gasteiger partial charge in [-0.15, -0.1) is 11.3 Å². The lowest BCUT2D eigenvalue weighted by Gasteiger charge is -2.13. The maximum atomic E-state index is 12.5. The van der Waals surface area contributed by atoms with E-state index in [1.54, 1.807) is 0 Å². The fraction of sp³-hybridized carbons (Fsp3) is 0.188. The molecule has 0 bridgehead atoms. The molecule has 0 spiro atoms. The van der Waals surface area contributed by atoms with Crippen LogP contribution < -0.4 is 10.2 Å². The molecule has 1 atom stereocenters. The molecule has 1 unspecified atom stereocenters. The summed E-state index contributed by atoms with van der Waals surface area (Å²) < 4.78 is 0. The van der Waals surface area contributed by atoms with Gasteiger partial charge in [0, 0.05) is 17.9 Å². The molecule has 3 N–H and O–H groups in total. The average molecular weight is 407 g/mol. The van der Waals surface area contributed by atoms with Crippen molar-refractivity contribution in [2.24, 2.45) is 0 Å². The van der Waals surface area contributed by atoms with Gasteiger partial charge in [-0.2, -0.15) is 0 Å². The molecule has 9 nitrogen and oxygen atoms in total. The quantitative estimate of drug-likeness (QED) is 0.662. The second kappa shape index (κ2) is 7.76. The molecule has 140 valence electrons. The molecule has 0 radical (unpaired) electrons. The number of rotatable bonds is 6. The lowest BCUT2D eigenvalue weighted by Crippen LogP contribution is -2.32. The van der Waals surface area contributed by atoms with E-state index in [-0.39, 0.29) is 29.4 Å². The standard InChI is InChI=1S/C16H13N3O6S2/c20-10-3-1-2-9(5-10)19-14(24)11(27-16(19)25)6-12(21)18-15-17-8(7-26-15)4-13(22)23/h1-3,5,7,11,20H,4,6H2,(H,22,23)(H,17,18,21). The van der Waals surface area contributed by atoms with Crippen LogP contribution in [-0.4, -0.2) is 43.5 Å². The molecule has 11 heteroatoms. The number of hydrogen-bond donors (Lipinski definition) is 3. The summed E-state index contributed by atoms with van der Waals surface area (Å²) in [7, 11) is 0. The Morgan fingerprint density at radius 3 is 2.78 bits per heavy atom. The largest absolute Gasteiger partial charge is 0.508 e. The van der Waals surface area contributed by atoms with Crippen LogP contribution in [0.1, 0.15) is 12.1 Å². The van der Waals surface area contributed by atoms with E-state index in [0.717, 1.165) is 28.0 Å². The first-order valence-electron chi connectivity index (χ1n) is 7.63. The molecule has 2 heterocycles. The van der Waals surface area contributed by atoms with Crippen LogP contribution in [-0.2, 0) is 20.8 Å². The van der Waals surface area contributed by atoms with E-state index in [4.69, 9.17) is 5.11 Å². The third-order valence-corrected chi connectivity index (χ3v) is 5.35. The van der Waals surface area contributed by atoms with Crippen molar-refractivity contribution in [3.63, 3.8) is 0 Å². The van der Waals surface area contributed by atoms with Gasteiger partial charge in [0.25, 0.3) is 5.24 Å². The van der Waals surface area contributed by atoms with Gasteiger partial charge in [0.05, 0.1) is 17.8 Å². The van der Waals surface area contributed by atoms with Gasteiger partial charge in [0.2, 0.25) is 11.8 Å². The summed E-state index contributed by atoms with van der Waals surface area (Å²) in [6.45, 7) is 0. The third-order valence-electron chi connectivity index (χ3n) is 3.51. The number of carboxylic acids is 1. The molecule has 1 aromatic heterocycles. The van der Waals surface area contributed by atoms with Crippen molar-refractivity contribution >= 4 is 56.9 Å². The maximum absolute atomic E-state index is 12.5. The minimum atomic E-state index is -1.03. The number of phenols is 1. The SMILES string of the molecule is O=C(O)Cc1csc(NC(=O)CC2SC(=O)N(c3cccc(O)c3)C2=O)n1. The number of carboxylic acid groups (broad SMARTS) is 1. The summed E-state index contributed by atoms with van der Waals surface area (Å²) in [5, 5.41) is 21.1. The van der Waals surface area contributed by atoms with Gasteiger partial charge >= 0.3 is 5.97 Å². The number of carbonyl (C=O) groups excluding carboxylic acids is 3. The van der Waals surface area contributed by atoms with Crippen LogP contribution in [0.15, 0.2) is 29.6 Å². The first-order chi connectivity index (χ1) is 12.8. The number of hydrogen-bond acceptors (Lipinski definition) is 8. The number of imide groups is 1. The Bertz CT molecular complexity index is 928. The molecule has 1 aliphatic heterocycles. The van der Waals surface area contributed by atoms with Crippen molar-refractivity contribution in [3.8, 4) is 5.75 Å². The first-order valence-corrected chi connectivity index (χ1v) is 9.39. The summed E-state index contributed by atoms with van der Waals surface area (Å²) in [6, 6.07) is 5.72. The zero-order chi connectivity index (χ0) is 19.6. The van der Waals surface area contributed by atoms with Crippen molar-refractivity contribution in [2.75, 3.05) is 10.2 Å². The molecular weight excluding hydrogens is 394 g/mol. The number of benzene rings is 1. The number of aromatic nitrogens is 1. The second-order valence-electron chi connectivity index (χ2n) is 5.53. The van der Waals surface area contributed by atoms with Crippen LogP contribution >= 0.6 is 23.1 Å². The Hall–Kier alpha value is -2.92. The number of aliphatic carboxylic acids is 1. The van der Waals surface area contributed by atoms with E-state index >= 15 is 0 Å². The van der Waals surface area contributed by atoms with Crippen LogP contribution in [0.5, 0.6) is 5.75 Å². The molecule has 3 amide bonds. The van der Waals surface area contributed by atoms with Gasteiger partial charge in [-0.1, -0.05) is 6.07 Å². The highest BCUT2D eigenvalue weighted by atomic mass is 32.2. The Kier molecular flexibility index (Phi) is 5.42. The predicted molar refractivity (Wildman–Crippen MR) is 99.1 cm³/mol. The number of thiazole rings is 1. The molecule has 1 saturated heterocycles. The fourth-order valence-corrected chi connectivity index (χ4v) is 4.10. The molecule has 0 saturated carbocycles. The van der Waals surface area contributed by atoms with Gasteiger partial charge in [-0.05, 0) is 23.9 Å². The number of phenolic OH excluding ortho intramolecular Hbond substituents is 1. The number of nitrogens with one attached hydrogen (secondary N) is 1. The van der Waals surface area contributed by atoms with Crippen LogP contribution in [0.25, 0.3) is 0 Å². The Morgan fingerprint density at radius 1 is 1.30 bits per heavy atom. The summed E-state index contributed by atoms with van der Waals surface area (Å²) in [5.41, 5.74) is 0.554. The van der Waals surface area contributed by atoms with E-state index in [2.05, 4.69) is 10.3 Å². The number of carbonyl (C=O) groups is 4. The van der Waals surface area contributed by atoms with E-state index in [1.165, 1.54) is 29.6 Å². The number of aromatic hydroxyl groups is 1. The molecule has 0 aliphatic carbocycles. The monoisotopic (exact) mass is 407 g/mol. The van der Waals surface area contributed by atoms with Crippen molar-refractivity contribution in [3.05, 3.63) is 35.3 Å². The van der Waals surface area contributed by atoms with E-state index in [0.29, 0.717) is 5.69 Å². The Morgan fingerprint density at radius 2 is 2.07 bits per heavy atom. The number of thioether (sulfide) groups is 1. The molecular formula is C16H13N3O6S2. The topological polar surface area (TPSA) is 137 Å². The zero-order valence-corrected chi connectivity index (χ0v) is 15.2. The van der Waals surface area contributed by atoms with Crippen molar-refractivity contribution in [1.82, 2.24) is 4.98 Å². The van der Waals surface area contributed by atoms with Crippen molar-refractivity contribution < 1.29 is 29.4 Å². The summed E-state index contributed by atoms with van der Waals surface area (Å²) in [4.78, 5) is 52.3. The molecule has 1 fully saturated rings. The number of nitrogens with zero attached hydrogens (tertiary/aromatic N) is 2. The van der Waals surface area contributed by atoms with Crippen LogP contribution in [0.2, 0.25) is 0 Å². The number of amides is 3. The van der Waals surface area contributed by atoms with Gasteiger partial charge in [-0.25, -0.2) is 9.88 Å². The minimum absolute atomic E-state index is 0.0831. The Balaban J connectivity index is 1.63. The lowest BCUT2D eigenvalue weighted by atomic mass is 10.2. The normalized spacial score (nSPS) is 16.6. The summed E-state index contributed by atoms with van der Waals surface area (Å²) in [6.07, 6.45) is -0.491. The van der Waals surface area contributed by atoms with Gasteiger partial charge < -0.3 is 15.5 Å². The average Bonchev–Trinajstić information content (AvgIpc) is 3.11. The fourth-order valence-electron chi connectivity index (χ4n) is 2.39. The molecule has 1 aromatic carbocycles. The Labute approximate surface area is 161 Å². The van der Waals surface area contributed by atoms with Crippen molar-refractivity contribution in [1.29, 1.82) is 0 Å². The number of anilines is 2. The van der Waals surface area contributed by atoms with Crippen molar-refractivity contribution in [2.45, 2.75) is 18.1 Å².